The second-order valence-electron chi connectivity index (χ2n) is 12.5. The number of imide groups is 1. The molecule has 0 atom stereocenters. The lowest BCUT2D eigenvalue weighted by molar-refractivity contribution is -0.146. The molecule has 0 saturated carbocycles. The van der Waals surface area contributed by atoms with Crippen molar-refractivity contribution in [1.29, 1.82) is 0 Å². The molecular weight excluding hydrogens is 786 g/mol. The zero-order valence-corrected chi connectivity index (χ0v) is 32.5. The van der Waals surface area contributed by atoms with Crippen LogP contribution in [0.5, 0.6) is 5.75 Å². The first-order chi connectivity index (χ1) is 25.4. The summed E-state index contributed by atoms with van der Waals surface area (Å²) in [5.74, 6) is -2.67. The molecule has 2 amide bonds. The van der Waals surface area contributed by atoms with Gasteiger partial charge in [0.2, 0.25) is 10.2 Å². The number of nitrogens with zero attached hydrogens (tertiary/aromatic N) is 2. The Morgan fingerprint density at radius 3 is 2.04 bits per heavy atom. The van der Waals surface area contributed by atoms with Crippen LogP contribution >= 0.6 is 35.1 Å². The van der Waals surface area contributed by atoms with Gasteiger partial charge in [-0.15, -0.1) is 0 Å². The minimum absolute atomic E-state index is 0.000883. The highest BCUT2D eigenvalue weighted by atomic mass is 35.5. The van der Waals surface area contributed by atoms with Crippen molar-refractivity contribution < 1.29 is 59.8 Å². The molecule has 2 aromatic rings. The zero-order valence-electron chi connectivity index (χ0n) is 30.1. The molecule has 0 radical (unpaired) electrons. The van der Waals surface area contributed by atoms with Gasteiger partial charge >= 0.3 is 12.1 Å². The van der Waals surface area contributed by atoms with E-state index in [0.717, 1.165) is 43.1 Å². The minimum Gasteiger partial charge on any atom is -0.480 e. The van der Waals surface area contributed by atoms with Crippen LogP contribution in [0.4, 0.5) is 32.0 Å². The van der Waals surface area contributed by atoms with Crippen LogP contribution in [-0.4, -0.2) is 58.7 Å². The van der Waals surface area contributed by atoms with Crippen LogP contribution < -0.4 is 9.64 Å². The minimum atomic E-state index is -5.10. The van der Waals surface area contributed by atoms with Gasteiger partial charge < -0.3 is 9.47 Å². The average Bonchev–Trinajstić information content (AvgIpc) is 3.36. The van der Waals surface area contributed by atoms with E-state index in [2.05, 4.69) is 4.98 Å². The molecule has 0 spiro atoms. The quantitative estimate of drug-likeness (QED) is 0.0836. The number of unbranched alkanes of at least 4 members (excludes halogenated alkanes) is 2. The first-order valence-electron chi connectivity index (χ1n) is 16.9. The summed E-state index contributed by atoms with van der Waals surface area (Å²) in [6.07, 6.45) is -0.609. The van der Waals surface area contributed by atoms with Gasteiger partial charge in [0.05, 0.1) is 28.4 Å². The predicted octanol–water partition coefficient (Wildman–Crippen LogP) is 9.58. The fraction of sp³-hybridized carbons (Fsp3) is 0.500. The number of alkyl halides is 5. The summed E-state index contributed by atoms with van der Waals surface area (Å²) in [5.41, 5.74) is -3.95. The van der Waals surface area contributed by atoms with Gasteiger partial charge in [-0.3, -0.25) is 19.2 Å². The van der Waals surface area contributed by atoms with E-state index in [1.807, 2.05) is 6.92 Å². The molecule has 0 N–H and O–H groups in total. The summed E-state index contributed by atoms with van der Waals surface area (Å²) in [6, 6.07) is 2.15. The number of aromatic nitrogens is 1. The van der Waals surface area contributed by atoms with Crippen molar-refractivity contribution in [3.8, 4) is 5.75 Å². The number of thioether (sulfide) groups is 2. The number of rotatable bonds is 13. The Morgan fingerprint density at radius 1 is 0.963 bits per heavy atom. The van der Waals surface area contributed by atoms with E-state index in [-0.39, 0.29) is 34.4 Å². The molecule has 0 saturated heterocycles. The molecule has 0 fully saturated rings. The number of pyridine rings is 1. The molecule has 18 heteroatoms. The van der Waals surface area contributed by atoms with Crippen molar-refractivity contribution in [3.63, 3.8) is 0 Å². The third-order valence-electron chi connectivity index (χ3n) is 8.18. The first kappa shape index (κ1) is 44.8. The van der Waals surface area contributed by atoms with Crippen LogP contribution in [0.1, 0.15) is 110 Å². The lowest BCUT2D eigenvalue weighted by atomic mass is 9.92. The Kier molecular flexibility index (Phi) is 16.5. The molecule has 1 aliphatic carbocycles. The summed E-state index contributed by atoms with van der Waals surface area (Å²) >= 11 is 7.10. The van der Waals surface area contributed by atoms with Gasteiger partial charge in [0.25, 0.3) is 18.2 Å². The van der Waals surface area contributed by atoms with Crippen LogP contribution in [-0.2, 0) is 31.7 Å². The molecule has 2 aliphatic rings. The number of anilines is 1. The van der Waals surface area contributed by atoms with Gasteiger partial charge in [-0.25, -0.2) is 27.8 Å². The van der Waals surface area contributed by atoms with E-state index in [1.165, 1.54) is 18.6 Å². The number of hydrogen-bond acceptors (Lipinski definition) is 10. The number of amides is 2. The second-order valence-corrected chi connectivity index (χ2v) is 14.5. The van der Waals surface area contributed by atoms with E-state index in [4.69, 9.17) is 21.1 Å². The molecule has 1 aromatic heterocycles. The van der Waals surface area contributed by atoms with Crippen LogP contribution in [0.25, 0.3) is 0 Å². The molecule has 4 rings (SSSR count). The Balaban J connectivity index is 0.000000294. The number of benzene rings is 1. The summed E-state index contributed by atoms with van der Waals surface area (Å²) in [6.45, 7) is 5.23. The molecule has 0 bridgehead atoms. The molecule has 0 unspecified atom stereocenters. The standard InChI is InChI=1S/C21H23ClFNO5.C15H16F5NO2S2/c1-2-3-6-9-28-19(25)12-29-18-11-17(16(23)10-15(18)22)24-20(26)13-7-4-5-8-14(13)21(24)27;1-6(2)5-7-8(13(22)24-3)10(12(16)17)21-11(15(18,19)20)9(7)14(23)25-4/h10-11H,2-9,12H2,1H3;6,12H,5H2,1-4H3. The lowest BCUT2D eigenvalue weighted by Crippen LogP contribution is -2.32. The van der Waals surface area contributed by atoms with E-state index in [9.17, 15) is 50.3 Å². The Labute approximate surface area is 321 Å². The number of carbonyl (C=O) groups excluding carboxylic acids is 5. The molecule has 9 nitrogen and oxygen atoms in total. The first-order valence-corrected chi connectivity index (χ1v) is 19.7. The van der Waals surface area contributed by atoms with Crippen molar-refractivity contribution in [2.24, 2.45) is 5.92 Å². The van der Waals surface area contributed by atoms with Gasteiger partial charge in [-0.1, -0.05) is 68.7 Å². The number of hydrogen-bond donors (Lipinski definition) is 0. The van der Waals surface area contributed by atoms with E-state index in [1.54, 1.807) is 13.8 Å². The Morgan fingerprint density at radius 2 is 1.54 bits per heavy atom. The van der Waals surface area contributed by atoms with Crippen LogP contribution in [0.3, 0.4) is 0 Å². The fourth-order valence-electron chi connectivity index (χ4n) is 5.76. The summed E-state index contributed by atoms with van der Waals surface area (Å²) in [5, 5.41) is -1.88. The third kappa shape index (κ3) is 10.8. The van der Waals surface area contributed by atoms with Gasteiger partial charge in [-0.05, 0) is 68.6 Å². The molecule has 1 aromatic carbocycles. The number of carbonyl (C=O) groups is 5. The highest BCUT2D eigenvalue weighted by molar-refractivity contribution is 8.13. The Hall–Kier alpha value is -3.57. The smallest absolute Gasteiger partial charge is 0.434 e. The maximum absolute atomic E-state index is 14.5. The van der Waals surface area contributed by atoms with Crippen molar-refractivity contribution in [2.45, 2.75) is 84.7 Å². The van der Waals surface area contributed by atoms with E-state index in [0.29, 0.717) is 54.1 Å². The van der Waals surface area contributed by atoms with Gasteiger partial charge in [-0.2, -0.15) is 13.2 Å². The van der Waals surface area contributed by atoms with E-state index >= 15 is 0 Å². The molecule has 1 aliphatic heterocycles. The number of ether oxygens (including phenoxy) is 2. The van der Waals surface area contributed by atoms with Crippen molar-refractivity contribution >= 4 is 68.8 Å². The van der Waals surface area contributed by atoms with E-state index < -0.39 is 75.6 Å². The summed E-state index contributed by atoms with van der Waals surface area (Å²) in [7, 11) is 0. The van der Waals surface area contributed by atoms with Gasteiger partial charge in [0.15, 0.2) is 12.3 Å². The van der Waals surface area contributed by atoms with Crippen LogP contribution in [0.15, 0.2) is 23.3 Å². The fourth-order valence-corrected chi connectivity index (χ4v) is 6.82. The molecule has 2 heterocycles. The molecule has 296 valence electrons. The monoisotopic (exact) mass is 824 g/mol. The SMILES string of the molecule is CCCCCOC(=O)COc1cc(N2C(=O)C3=C(CCCC3)C2=O)c(F)cc1Cl.CSC(=O)c1c(C(F)F)nc(C(F)(F)F)c(C(=O)SC)c1CC(C)C. The Bertz CT molecular complexity index is 1780. The average molecular weight is 825 g/mol. The molecular formula is C36H39ClF6N2O7S2. The van der Waals surface area contributed by atoms with Crippen molar-refractivity contribution in [1.82, 2.24) is 4.98 Å². The summed E-state index contributed by atoms with van der Waals surface area (Å²) in [4.78, 5) is 65.3. The second kappa shape index (κ2) is 19.8. The lowest BCUT2D eigenvalue weighted by Gasteiger charge is -2.21. The topological polar surface area (TPSA) is 120 Å². The number of halogens is 7. The summed E-state index contributed by atoms with van der Waals surface area (Å²) < 4.78 is 91.7. The van der Waals surface area contributed by atoms with Crippen LogP contribution in [0, 0.1) is 11.7 Å². The maximum atomic E-state index is 14.5. The van der Waals surface area contributed by atoms with Crippen molar-refractivity contribution in [3.05, 3.63) is 62.2 Å². The highest BCUT2D eigenvalue weighted by Crippen LogP contribution is 2.41. The number of esters is 1. The zero-order chi connectivity index (χ0) is 40.5. The molecule has 54 heavy (non-hydrogen) atoms. The predicted molar refractivity (Wildman–Crippen MR) is 194 cm³/mol. The van der Waals surface area contributed by atoms with Gasteiger partial charge in [0.1, 0.15) is 17.3 Å². The maximum Gasteiger partial charge on any atom is 0.434 e. The van der Waals surface area contributed by atoms with Crippen LogP contribution in [0.2, 0.25) is 5.02 Å². The normalized spacial score (nSPS) is 14.4. The third-order valence-corrected chi connectivity index (χ3v) is 9.63. The van der Waals surface area contributed by atoms with Gasteiger partial charge in [0, 0.05) is 17.2 Å². The van der Waals surface area contributed by atoms with Crippen molar-refractivity contribution in [2.75, 3.05) is 30.6 Å². The largest absolute Gasteiger partial charge is 0.480 e. The highest BCUT2D eigenvalue weighted by Gasteiger charge is 2.43.